The molecule has 0 aliphatic heterocycles. The maximum absolute atomic E-state index is 12.8. The predicted octanol–water partition coefficient (Wildman–Crippen LogP) is 2.78. The number of hydrogen-bond acceptors (Lipinski definition) is 3. The largest absolute Gasteiger partial charge is 0.393 e. The molecule has 0 saturated heterocycles. The van der Waals surface area contributed by atoms with Gasteiger partial charge in [-0.25, -0.2) is 4.39 Å². The number of amides is 1. The fourth-order valence-electron chi connectivity index (χ4n) is 1.69. The lowest BCUT2D eigenvalue weighted by Crippen LogP contribution is -2.34. The fourth-order valence-corrected chi connectivity index (χ4v) is 2.60. The molecule has 2 atom stereocenters. The minimum Gasteiger partial charge on any atom is -0.393 e. The van der Waals surface area contributed by atoms with Crippen LogP contribution in [0.5, 0.6) is 0 Å². The molecule has 1 N–H and O–H groups in total. The van der Waals surface area contributed by atoms with E-state index in [1.807, 2.05) is 6.92 Å². The average molecular weight is 299 g/mol. The highest BCUT2D eigenvalue weighted by atomic mass is 32.2. The van der Waals surface area contributed by atoms with Crippen molar-refractivity contribution in [3.8, 4) is 0 Å². The van der Waals surface area contributed by atoms with E-state index >= 15 is 0 Å². The number of carbonyl (C=O) groups is 1. The summed E-state index contributed by atoms with van der Waals surface area (Å²) in [4.78, 5) is 14.7. The number of aliphatic hydroxyl groups is 1. The summed E-state index contributed by atoms with van der Waals surface area (Å²) in [6, 6.07) is 6.27. The first-order chi connectivity index (χ1) is 9.40. The second kappa shape index (κ2) is 8.27. The van der Waals surface area contributed by atoms with Crippen molar-refractivity contribution in [1.82, 2.24) is 4.90 Å². The first kappa shape index (κ1) is 17.0. The Morgan fingerprint density at radius 3 is 2.50 bits per heavy atom. The summed E-state index contributed by atoms with van der Waals surface area (Å²) in [6.07, 6.45) is 0.189. The summed E-state index contributed by atoms with van der Waals surface area (Å²) >= 11 is 1.54. The quantitative estimate of drug-likeness (QED) is 0.787. The molecule has 5 heteroatoms. The number of thioether (sulfide) groups is 1. The van der Waals surface area contributed by atoms with Gasteiger partial charge in [0.05, 0.1) is 6.10 Å². The summed E-state index contributed by atoms with van der Waals surface area (Å²) in [5.74, 6) is 0.365. The van der Waals surface area contributed by atoms with E-state index in [2.05, 4.69) is 0 Å². The molecule has 0 aliphatic rings. The van der Waals surface area contributed by atoms with Crippen LogP contribution in [-0.2, 0) is 4.79 Å². The van der Waals surface area contributed by atoms with Crippen LogP contribution >= 0.6 is 11.8 Å². The second-order valence-electron chi connectivity index (χ2n) is 5.06. The molecule has 3 nitrogen and oxygen atoms in total. The number of rotatable bonds is 7. The summed E-state index contributed by atoms with van der Waals surface area (Å²) in [5.41, 5.74) is 0. The van der Waals surface area contributed by atoms with Crippen LogP contribution in [-0.4, -0.2) is 41.4 Å². The molecule has 2 unspecified atom stereocenters. The van der Waals surface area contributed by atoms with E-state index < -0.39 is 6.10 Å². The highest BCUT2D eigenvalue weighted by Crippen LogP contribution is 2.21. The molecule has 0 aliphatic carbocycles. The Morgan fingerprint density at radius 2 is 1.95 bits per heavy atom. The number of benzene rings is 1. The van der Waals surface area contributed by atoms with Crippen LogP contribution in [0.1, 0.15) is 20.3 Å². The summed E-state index contributed by atoms with van der Waals surface area (Å²) in [7, 11) is 1.75. The molecule has 0 heterocycles. The molecule has 0 bridgehead atoms. The van der Waals surface area contributed by atoms with Crippen molar-refractivity contribution in [3.05, 3.63) is 30.1 Å². The van der Waals surface area contributed by atoms with E-state index in [1.54, 1.807) is 42.8 Å². The van der Waals surface area contributed by atoms with Crippen LogP contribution in [0.4, 0.5) is 4.39 Å². The Kier molecular flexibility index (Phi) is 7.02. The molecule has 1 aromatic carbocycles. The normalized spacial score (nSPS) is 13.8. The van der Waals surface area contributed by atoms with Gasteiger partial charge in [0.25, 0.3) is 0 Å². The van der Waals surface area contributed by atoms with Crippen molar-refractivity contribution in [2.45, 2.75) is 31.3 Å². The smallest absolute Gasteiger partial charge is 0.225 e. The molecule has 0 fully saturated rings. The van der Waals surface area contributed by atoms with Crippen molar-refractivity contribution in [2.75, 3.05) is 19.3 Å². The molecule has 1 rings (SSSR count). The van der Waals surface area contributed by atoms with Gasteiger partial charge in [-0.05, 0) is 37.6 Å². The Bertz CT molecular complexity index is 422. The minimum absolute atomic E-state index is 0.0697. The molecule has 112 valence electrons. The van der Waals surface area contributed by atoms with Gasteiger partial charge >= 0.3 is 0 Å². The molecular weight excluding hydrogens is 277 g/mol. The molecule has 0 radical (unpaired) electrons. The van der Waals surface area contributed by atoms with E-state index in [9.17, 15) is 14.3 Å². The summed E-state index contributed by atoms with van der Waals surface area (Å²) in [6.45, 7) is 4.16. The van der Waals surface area contributed by atoms with Crippen molar-refractivity contribution < 1.29 is 14.3 Å². The van der Waals surface area contributed by atoms with Crippen LogP contribution < -0.4 is 0 Å². The lowest BCUT2D eigenvalue weighted by atomic mass is 10.2. The molecular formula is C15H22FNO2S. The Hall–Kier alpha value is -1.07. The Balaban J connectivity index is 2.39. The average Bonchev–Trinajstić information content (AvgIpc) is 2.42. The van der Waals surface area contributed by atoms with Crippen LogP contribution in [0.25, 0.3) is 0 Å². The lowest BCUT2D eigenvalue weighted by molar-refractivity contribution is -0.133. The summed E-state index contributed by atoms with van der Waals surface area (Å²) in [5, 5.41) is 9.22. The molecule has 20 heavy (non-hydrogen) atoms. The maximum Gasteiger partial charge on any atom is 0.225 e. The lowest BCUT2D eigenvalue weighted by Gasteiger charge is -2.21. The van der Waals surface area contributed by atoms with Gasteiger partial charge in [-0.3, -0.25) is 4.79 Å². The van der Waals surface area contributed by atoms with Crippen molar-refractivity contribution in [1.29, 1.82) is 0 Å². The second-order valence-corrected chi connectivity index (χ2v) is 6.16. The van der Waals surface area contributed by atoms with Crippen LogP contribution in [0.3, 0.4) is 0 Å². The molecule has 1 amide bonds. The Morgan fingerprint density at radius 1 is 1.35 bits per heavy atom. The highest BCUT2D eigenvalue weighted by Gasteiger charge is 2.17. The fraction of sp³-hybridized carbons (Fsp3) is 0.533. The first-order valence-corrected chi connectivity index (χ1v) is 7.70. The maximum atomic E-state index is 12.8. The van der Waals surface area contributed by atoms with Crippen molar-refractivity contribution >= 4 is 17.7 Å². The standard InChI is InChI=1S/C15H22FNO2S/c1-11(15(19)17(3)9-8-12(2)18)10-20-14-6-4-13(16)5-7-14/h4-7,11-12,18H,8-10H2,1-3H3. The van der Waals surface area contributed by atoms with Gasteiger partial charge in [0.1, 0.15) is 5.82 Å². The third-order valence-corrected chi connectivity index (χ3v) is 4.27. The summed E-state index contributed by atoms with van der Waals surface area (Å²) < 4.78 is 12.8. The minimum atomic E-state index is -0.394. The van der Waals surface area contributed by atoms with Crippen LogP contribution in [0, 0.1) is 11.7 Å². The molecule has 0 saturated carbocycles. The third kappa shape index (κ3) is 5.92. The zero-order chi connectivity index (χ0) is 15.1. The highest BCUT2D eigenvalue weighted by molar-refractivity contribution is 7.99. The number of aliphatic hydroxyl groups excluding tert-OH is 1. The Labute approximate surface area is 124 Å². The van der Waals surface area contributed by atoms with Crippen molar-refractivity contribution in [3.63, 3.8) is 0 Å². The zero-order valence-electron chi connectivity index (χ0n) is 12.2. The van der Waals surface area contributed by atoms with Gasteiger partial charge < -0.3 is 10.0 Å². The number of nitrogens with zero attached hydrogens (tertiary/aromatic N) is 1. The van der Waals surface area contributed by atoms with Crippen LogP contribution in [0.15, 0.2) is 29.2 Å². The van der Waals surface area contributed by atoms with E-state index in [-0.39, 0.29) is 17.6 Å². The number of carbonyl (C=O) groups excluding carboxylic acids is 1. The molecule has 1 aromatic rings. The number of halogens is 1. The first-order valence-electron chi connectivity index (χ1n) is 6.71. The SMILES string of the molecule is CC(O)CCN(C)C(=O)C(C)CSc1ccc(F)cc1. The zero-order valence-corrected chi connectivity index (χ0v) is 13.0. The topological polar surface area (TPSA) is 40.5 Å². The van der Waals surface area contributed by atoms with Crippen LogP contribution in [0.2, 0.25) is 0 Å². The van der Waals surface area contributed by atoms with Gasteiger partial charge in [0.15, 0.2) is 0 Å². The number of hydrogen-bond donors (Lipinski definition) is 1. The van der Waals surface area contributed by atoms with E-state index in [4.69, 9.17) is 0 Å². The van der Waals surface area contributed by atoms with E-state index in [0.717, 1.165) is 4.90 Å². The molecule has 0 spiro atoms. The van der Waals surface area contributed by atoms with Gasteiger partial charge in [0.2, 0.25) is 5.91 Å². The van der Waals surface area contributed by atoms with Gasteiger partial charge in [0, 0.05) is 30.2 Å². The monoisotopic (exact) mass is 299 g/mol. The molecule has 0 aromatic heterocycles. The predicted molar refractivity (Wildman–Crippen MR) is 80.2 cm³/mol. The van der Waals surface area contributed by atoms with Crippen molar-refractivity contribution in [2.24, 2.45) is 5.92 Å². The van der Waals surface area contributed by atoms with E-state index in [1.165, 1.54) is 12.1 Å². The third-order valence-electron chi connectivity index (χ3n) is 2.99. The van der Waals surface area contributed by atoms with Gasteiger partial charge in [-0.1, -0.05) is 6.92 Å². The van der Waals surface area contributed by atoms with E-state index in [0.29, 0.717) is 18.7 Å². The van der Waals surface area contributed by atoms with Gasteiger partial charge in [-0.2, -0.15) is 0 Å². The van der Waals surface area contributed by atoms with Gasteiger partial charge in [-0.15, -0.1) is 11.8 Å².